The van der Waals surface area contributed by atoms with Gasteiger partial charge in [-0.25, -0.2) is 0 Å². The number of anilines is 1. The molecule has 0 atom stereocenters. The van der Waals surface area contributed by atoms with Gasteiger partial charge in [0.05, 0.1) is 22.8 Å². The van der Waals surface area contributed by atoms with Gasteiger partial charge in [0, 0.05) is 18.2 Å². The number of likely N-dealkylation sites (N-methyl/N-ethyl adjacent to an activating group) is 1. The van der Waals surface area contributed by atoms with Crippen molar-refractivity contribution >= 4 is 46.8 Å². The van der Waals surface area contributed by atoms with E-state index in [-0.39, 0.29) is 18.4 Å². The Balaban J connectivity index is 2.07. The van der Waals surface area contributed by atoms with Gasteiger partial charge in [-0.2, -0.15) is 0 Å². The second-order valence-electron chi connectivity index (χ2n) is 6.08. The molecule has 0 aliphatic carbocycles. The highest BCUT2D eigenvalue weighted by molar-refractivity contribution is 6.39. The normalized spacial score (nSPS) is 10.8. The van der Waals surface area contributed by atoms with E-state index in [2.05, 4.69) is 5.32 Å². The molecule has 0 saturated heterocycles. The van der Waals surface area contributed by atoms with Crippen LogP contribution in [0.4, 0.5) is 5.69 Å². The summed E-state index contributed by atoms with van der Waals surface area (Å²) < 4.78 is 5.31. The molecule has 7 heteroatoms. The van der Waals surface area contributed by atoms with E-state index in [1.54, 1.807) is 38.3 Å². The Morgan fingerprint density at radius 2 is 1.86 bits per heavy atom. The van der Waals surface area contributed by atoms with Gasteiger partial charge >= 0.3 is 0 Å². The first-order valence-corrected chi connectivity index (χ1v) is 9.46. The first-order valence-electron chi connectivity index (χ1n) is 8.71. The third kappa shape index (κ3) is 5.75. The summed E-state index contributed by atoms with van der Waals surface area (Å²) in [7, 11) is 1.58. The van der Waals surface area contributed by atoms with Gasteiger partial charge in [-0.05, 0) is 44.2 Å². The Bertz CT molecular complexity index is 877. The van der Waals surface area contributed by atoms with Crippen LogP contribution in [0.25, 0.3) is 6.08 Å². The Morgan fingerprint density at radius 3 is 2.46 bits per heavy atom. The van der Waals surface area contributed by atoms with Gasteiger partial charge < -0.3 is 15.0 Å². The molecular formula is C21H22Cl2N2O3. The number of halogens is 2. The Hall–Kier alpha value is -2.50. The van der Waals surface area contributed by atoms with E-state index in [1.165, 1.54) is 11.0 Å². The van der Waals surface area contributed by atoms with Gasteiger partial charge in [0.25, 0.3) is 0 Å². The van der Waals surface area contributed by atoms with Gasteiger partial charge in [0.15, 0.2) is 0 Å². The fourth-order valence-corrected chi connectivity index (χ4v) is 3.06. The number of ether oxygens (including phenoxy) is 1. The van der Waals surface area contributed by atoms with E-state index < -0.39 is 0 Å². The predicted molar refractivity (Wildman–Crippen MR) is 114 cm³/mol. The number of hydrogen-bond acceptors (Lipinski definition) is 3. The molecule has 0 aliphatic rings. The fourth-order valence-electron chi connectivity index (χ4n) is 2.57. The minimum atomic E-state index is -0.383. The number of benzene rings is 2. The number of hydrogen-bond donors (Lipinski definition) is 1. The largest absolute Gasteiger partial charge is 0.496 e. The predicted octanol–water partition coefficient (Wildman–Crippen LogP) is 4.81. The van der Waals surface area contributed by atoms with Crippen molar-refractivity contribution in [3.63, 3.8) is 0 Å². The highest BCUT2D eigenvalue weighted by Gasteiger charge is 2.16. The van der Waals surface area contributed by atoms with Crippen LogP contribution in [0.2, 0.25) is 10.0 Å². The monoisotopic (exact) mass is 420 g/mol. The molecule has 2 aromatic carbocycles. The number of carbonyl (C=O) groups excluding carboxylic acids is 2. The lowest BCUT2D eigenvalue weighted by atomic mass is 10.1. The van der Waals surface area contributed by atoms with Crippen LogP contribution >= 0.6 is 23.2 Å². The average Bonchev–Trinajstić information content (AvgIpc) is 2.67. The molecule has 1 N–H and O–H groups in total. The summed E-state index contributed by atoms with van der Waals surface area (Å²) in [5.41, 5.74) is 2.18. The third-order valence-corrected chi connectivity index (χ3v) is 4.68. The lowest BCUT2D eigenvalue weighted by Gasteiger charge is -2.19. The summed E-state index contributed by atoms with van der Waals surface area (Å²) in [6, 6.07) is 10.6. The van der Waals surface area contributed by atoms with Gasteiger partial charge in [-0.1, -0.05) is 40.9 Å². The number of para-hydroxylation sites is 1. The highest BCUT2D eigenvalue weighted by atomic mass is 35.5. The van der Waals surface area contributed by atoms with E-state index in [4.69, 9.17) is 27.9 Å². The summed E-state index contributed by atoms with van der Waals surface area (Å²) >= 11 is 12.1. The zero-order valence-corrected chi connectivity index (χ0v) is 17.5. The Morgan fingerprint density at radius 1 is 1.18 bits per heavy atom. The van der Waals surface area contributed by atoms with E-state index in [9.17, 15) is 9.59 Å². The highest BCUT2D eigenvalue weighted by Crippen LogP contribution is 2.29. The maximum atomic E-state index is 12.5. The van der Waals surface area contributed by atoms with Crippen molar-refractivity contribution < 1.29 is 14.3 Å². The van der Waals surface area contributed by atoms with Crippen LogP contribution in [-0.2, 0) is 9.59 Å². The smallest absolute Gasteiger partial charge is 0.247 e. The van der Waals surface area contributed by atoms with Gasteiger partial charge in [0.1, 0.15) is 12.3 Å². The van der Waals surface area contributed by atoms with E-state index >= 15 is 0 Å². The van der Waals surface area contributed by atoms with Crippen molar-refractivity contribution in [2.45, 2.75) is 13.8 Å². The number of methoxy groups -OCH3 is 1. The van der Waals surface area contributed by atoms with Gasteiger partial charge in [-0.15, -0.1) is 0 Å². The Labute approximate surface area is 174 Å². The van der Waals surface area contributed by atoms with Gasteiger partial charge in [-0.3, -0.25) is 9.59 Å². The van der Waals surface area contributed by atoms with Crippen molar-refractivity contribution in [3.8, 4) is 5.75 Å². The molecule has 0 aromatic heterocycles. The molecular weight excluding hydrogens is 399 g/mol. The van der Waals surface area contributed by atoms with Crippen LogP contribution in [-0.4, -0.2) is 36.9 Å². The standard InChI is InChI=1S/C21H22Cl2N2O3/c1-4-25(13-19(26)24-21-16(22)6-5-7-17(21)23)20(27)11-9-15-12-14(2)8-10-18(15)28-3/h5-12H,4,13H2,1-3H3,(H,24,26)/b11-9+. The molecule has 0 spiro atoms. The van der Waals surface area contributed by atoms with E-state index in [1.807, 2.05) is 25.1 Å². The Kier molecular flexibility index (Phi) is 7.91. The molecule has 0 unspecified atom stereocenters. The van der Waals surface area contributed by atoms with Crippen molar-refractivity contribution in [1.82, 2.24) is 4.90 Å². The second kappa shape index (κ2) is 10.2. The molecule has 2 amide bonds. The minimum absolute atomic E-state index is 0.119. The summed E-state index contributed by atoms with van der Waals surface area (Å²) in [6.07, 6.45) is 3.11. The topological polar surface area (TPSA) is 58.6 Å². The number of rotatable bonds is 7. The molecule has 0 bridgehead atoms. The number of nitrogens with zero attached hydrogens (tertiary/aromatic N) is 1. The SMILES string of the molecule is CCN(CC(=O)Nc1c(Cl)cccc1Cl)C(=O)/C=C/c1cc(C)ccc1OC. The van der Waals surface area contributed by atoms with E-state index in [0.717, 1.165) is 11.1 Å². The number of nitrogens with one attached hydrogen (secondary N) is 1. The van der Waals surface area contributed by atoms with Gasteiger partial charge in [0.2, 0.25) is 11.8 Å². The number of amides is 2. The van der Waals surface area contributed by atoms with Crippen molar-refractivity contribution in [2.75, 3.05) is 25.5 Å². The van der Waals surface area contributed by atoms with Crippen LogP contribution in [0.3, 0.4) is 0 Å². The lowest BCUT2D eigenvalue weighted by molar-refractivity contribution is -0.130. The third-order valence-electron chi connectivity index (χ3n) is 4.05. The number of carbonyl (C=O) groups is 2. The average molecular weight is 421 g/mol. The summed E-state index contributed by atoms with van der Waals surface area (Å²) in [5.74, 6) is 0.00186. The van der Waals surface area contributed by atoms with E-state index in [0.29, 0.717) is 28.0 Å². The number of aryl methyl sites for hydroxylation is 1. The first-order chi connectivity index (χ1) is 13.3. The molecule has 0 radical (unpaired) electrons. The van der Waals surface area contributed by atoms with Crippen LogP contribution in [0.15, 0.2) is 42.5 Å². The molecule has 28 heavy (non-hydrogen) atoms. The quantitative estimate of drug-likeness (QED) is 0.653. The van der Waals surface area contributed by atoms with Crippen LogP contribution < -0.4 is 10.1 Å². The first kappa shape index (κ1) is 21.8. The molecule has 0 fully saturated rings. The maximum absolute atomic E-state index is 12.5. The second-order valence-corrected chi connectivity index (χ2v) is 6.89. The summed E-state index contributed by atoms with van der Waals surface area (Å²) in [6.45, 7) is 4.01. The minimum Gasteiger partial charge on any atom is -0.496 e. The zero-order valence-electron chi connectivity index (χ0n) is 16.0. The van der Waals surface area contributed by atoms with Crippen LogP contribution in [0, 0.1) is 6.92 Å². The zero-order chi connectivity index (χ0) is 20.7. The molecule has 0 aliphatic heterocycles. The molecule has 2 aromatic rings. The molecule has 148 valence electrons. The van der Waals surface area contributed by atoms with Crippen molar-refractivity contribution in [1.29, 1.82) is 0 Å². The molecule has 0 saturated carbocycles. The molecule has 5 nitrogen and oxygen atoms in total. The van der Waals surface area contributed by atoms with Crippen LogP contribution in [0.1, 0.15) is 18.1 Å². The van der Waals surface area contributed by atoms with Crippen molar-refractivity contribution in [2.24, 2.45) is 0 Å². The fraction of sp³-hybridized carbons (Fsp3) is 0.238. The van der Waals surface area contributed by atoms with Crippen LogP contribution in [0.5, 0.6) is 5.75 Å². The maximum Gasteiger partial charge on any atom is 0.247 e. The summed E-state index contributed by atoms with van der Waals surface area (Å²) in [4.78, 5) is 26.3. The molecule has 2 rings (SSSR count). The summed E-state index contributed by atoms with van der Waals surface area (Å²) in [5, 5.41) is 3.33. The lowest BCUT2D eigenvalue weighted by Crippen LogP contribution is -2.37. The van der Waals surface area contributed by atoms with Crippen molar-refractivity contribution in [3.05, 3.63) is 63.6 Å². The molecule has 0 heterocycles.